The molecule has 18 heavy (non-hydrogen) atoms. The number of nitro benzene ring substituents is 1. The standard InChI is InChI=1S/C13H8NO4/c15-13(16)10-7-4-8-11(14(17)18)12(10)9-5-2-1-3-6-9/h1-6,8H,(H,15,16). The molecule has 2 rings (SSSR count). The maximum absolute atomic E-state index is 11.1. The predicted octanol–water partition coefficient (Wildman–Crippen LogP) is 2.76. The van der Waals surface area contributed by atoms with Crippen molar-refractivity contribution in [3.63, 3.8) is 0 Å². The van der Waals surface area contributed by atoms with Crippen LogP contribution in [0.15, 0.2) is 42.5 Å². The first-order chi connectivity index (χ1) is 8.61. The minimum Gasteiger partial charge on any atom is -0.478 e. The Morgan fingerprint density at radius 2 is 1.89 bits per heavy atom. The van der Waals surface area contributed by atoms with Crippen LogP contribution < -0.4 is 0 Å². The molecule has 0 fully saturated rings. The van der Waals surface area contributed by atoms with Crippen LogP contribution in [-0.2, 0) is 0 Å². The zero-order valence-corrected chi connectivity index (χ0v) is 9.16. The highest BCUT2D eigenvalue weighted by Crippen LogP contribution is 2.32. The highest BCUT2D eigenvalue weighted by atomic mass is 16.6. The molecule has 0 aromatic heterocycles. The van der Waals surface area contributed by atoms with Crippen LogP contribution in [0, 0.1) is 16.2 Å². The molecule has 1 N–H and O–H groups in total. The van der Waals surface area contributed by atoms with Crippen molar-refractivity contribution < 1.29 is 14.8 Å². The molecule has 0 bridgehead atoms. The molecule has 0 aliphatic rings. The van der Waals surface area contributed by atoms with Gasteiger partial charge in [-0.25, -0.2) is 4.79 Å². The number of nitro groups is 1. The van der Waals surface area contributed by atoms with Crippen LogP contribution in [0.25, 0.3) is 11.1 Å². The van der Waals surface area contributed by atoms with Crippen molar-refractivity contribution in [2.75, 3.05) is 0 Å². The lowest BCUT2D eigenvalue weighted by molar-refractivity contribution is -0.384. The lowest BCUT2D eigenvalue weighted by Crippen LogP contribution is -2.03. The number of carboxylic acid groups (broad SMARTS) is 1. The van der Waals surface area contributed by atoms with Gasteiger partial charge in [0.15, 0.2) is 0 Å². The second-order valence-electron chi connectivity index (χ2n) is 3.54. The molecule has 5 nitrogen and oxygen atoms in total. The molecule has 0 heterocycles. The smallest absolute Gasteiger partial charge is 0.337 e. The number of rotatable bonds is 3. The van der Waals surface area contributed by atoms with Crippen molar-refractivity contribution in [2.45, 2.75) is 0 Å². The zero-order chi connectivity index (χ0) is 13.1. The van der Waals surface area contributed by atoms with Crippen molar-refractivity contribution in [3.8, 4) is 11.1 Å². The average molecular weight is 242 g/mol. The number of hydrogen-bond donors (Lipinski definition) is 1. The van der Waals surface area contributed by atoms with Gasteiger partial charge >= 0.3 is 5.97 Å². The van der Waals surface area contributed by atoms with E-state index in [1.807, 2.05) is 0 Å². The van der Waals surface area contributed by atoms with E-state index < -0.39 is 10.9 Å². The molecular weight excluding hydrogens is 234 g/mol. The molecule has 0 spiro atoms. The molecule has 2 aromatic carbocycles. The summed E-state index contributed by atoms with van der Waals surface area (Å²) in [5.74, 6) is -1.24. The number of hydrogen-bond acceptors (Lipinski definition) is 3. The van der Waals surface area contributed by atoms with Gasteiger partial charge in [0.05, 0.1) is 16.1 Å². The summed E-state index contributed by atoms with van der Waals surface area (Å²) in [4.78, 5) is 21.5. The van der Waals surface area contributed by atoms with E-state index in [1.54, 1.807) is 30.3 Å². The lowest BCUT2D eigenvalue weighted by atomic mass is 9.98. The first kappa shape index (κ1) is 11.8. The molecular formula is C13H8NO4. The molecule has 0 unspecified atom stereocenters. The number of carboxylic acids is 1. The quantitative estimate of drug-likeness (QED) is 0.662. The van der Waals surface area contributed by atoms with E-state index in [0.717, 1.165) is 0 Å². The number of aromatic carboxylic acids is 1. The topological polar surface area (TPSA) is 80.4 Å². The molecule has 1 radical (unpaired) electrons. The molecule has 0 saturated heterocycles. The van der Waals surface area contributed by atoms with E-state index in [0.29, 0.717) is 5.56 Å². The first-order valence-corrected chi connectivity index (χ1v) is 5.09. The minimum atomic E-state index is -1.24. The summed E-state index contributed by atoms with van der Waals surface area (Å²) in [5.41, 5.74) is 0.127. The lowest BCUT2D eigenvalue weighted by Gasteiger charge is -2.06. The van der Waals surface area contributed by atoms with Crippen molar-refractivity contribution in [1.82, 2.24) is 0 Å². The van der Waals surface area contributed by atoms with Gasteiger partial charge in [0, 0.05) is 6.07 Å². The molecule has 0 atom stereocenters. The van der Waals surface area contributed by atoms with Crippen LogP contribution in [0.1, 0.15) is 10.4 Å². The summed E-state index contributed by atoms with van der Waals surface area (Å²) in [7, 11) is 0. The summed E-state index contributed by atoms with van der Waals surface area (Å²) in [6.07, 6.45) is 0. The highest BCUT2D eigenvalue weighted by molar-refractivity contribution is 5.98. The summed E-state index contributed by atoms with van der Waals surface area (Å²) in [6.45, 7) is 0. The Morgan fingerprint density at radius 3 is 2.44 bits per heavy atom. The Labute approximate surface area is 102 Å². The summed E-state index contributed by atoms with van der Waals surface area (Å²) in [6, 6.07) is 13.4. The van der Waals surface area contributed by atoms with E-state index in [1.165, 1.54) is 12.1 Å². The van der Waals surface area contributed by atoms with Gasteiger partial charge in [-0.3, -0.25) is 10.1 Å². The third-order valence-corrected chi connectivity index (χ3v) is 2.45. The van der Waals surface area contributed by atoms with Gasteiger partial charge in [0.1, 0.15) is 0 Å². The van der Waals surface area contributed by atoms with Gasteiger partial charge in [0.25, 0.3) is 5.69 Å². The third kappa shape index (κ3) is 2.06. The Balaban J connectivity index is 2.77. The van der Waals surface area contributed by atoms with Crippen LogP contribution in [0.5, 0.6) is 0 Å². The molecule has 0 aliphatic heterocycles. The van der Waals surface area contributed by atoms with Crippen molar-refractivity contribution in [3.05, 3.63) is 64.2 Å². The molecule has 5 heteroatoms. The first-order valence-electron chi connectivity index (χ1n) is 5.09. The molecule has 2 aromatic rings. The van der Waals surface area contributed by atoms with Gasteiger partial charge in [-0.1, -0.05) is 30.3 Å². The van der Waals surface area contributed by atoms with Gasteiger partial charge in [-0.15, -0.1) is 0 Å². The van der Waals surface area contributed by atoms with Crippen LogP contribution in [0.2, 0.25) is 0 Å². The summed E-state index contributed by atoms with van der Waals surface area (Å²) < 4.78 is 0. The van der Waals surface area contributed by atoms with Gasteiger partial charge in [-0.05, 0) is 17.7 Å². The Bertz CT molecular complexity index is 575. The fraction of sp³-hybridized carbons (Fsp3) is 0. The fourth-order valence-corrected chi connectivity index (χ4v) is 1.71. The molecule has 0 saturated carbocycles. The second kappa shape index (κ2) is 4.67. The van der Waals surface area contributed by atoms with Crippen molar-refractivity contribution >= 4 is 11.7 Å². The zero-order valence-electron chi connectivity index (χ0n) is 9.16. The van der Waals surface area contributed by atoms with Gasteiger partial charge in [-0.2, -0.15) is 0 Å². The maximum Gasteiger partial charge on any atom is 0.337 e. The largest absolute Gasteiger partial charge is 0.478 e. The van der Waals surface area contributed by atoms with E-state index in [4.69, 9.17) is 5.11 Å². The number of benzene rings is 2. The van der Waals surface area contributed by atoms with Crippen molar-refractivity contribution in [1.29, 1.82) is 0 Å². The highest BCUT2D eigenvalue weighted by Gasteiger charge is 2.22. The van der Waals surface area contributed by atoms with Crippen LogP contribution in [-0.4, -0.2) is 16.0 Å². The second-order valence-corrected chi connectivity index (χ2v) is 3.54. The molecule has 0 aliphatic carbocycles. The maximum atomic E-state index is 11.1. The summed E-state index contributed by atoms with van der Waals surface area (Å²) in [5, 5.41) is 20.0. The van der Waals surface area contributed by atoms with Gasteiger partial charge < -0.3 is 5.11 Å². The van der Waals surface area contributed by atoms with E-state index in [9.17, 15) is 14.9 Å². The van der Waals surface area contributed by atoms with Crippen LogP contribution in [0.4, 0.5) is 5.69 Å². The predicted molar refractivity (Wildman–Crippen MR) is 64.3 cm³/mol. The number of nitrogens with zero attached hydrogens (tertiary/aromatic N) is 1. The fourth-order valence-electron chi connectivity index (χ4n) is 1.71. The van der Waals surface area contributed by atoms with E-state index in [2.05, 4.69) is 6.07 Å². The van der Waals surface area contributed by atoms with E-state index in [-0.39, 0.29) is 16.8 Å². The Morgan fingerprint density at radius 1 is 1.22 bits per heavy atom. The van der Waals surface area contributed by atoms with Crippen LogP contribution >= 0.6 is 0 Å². The van der Waals surface area contributed by atoms with E-state index >= 15 is 0 Å². The minimum absolute atomic E-state index is 0.0793. The molecule has 0 amide bonds. The average Bonchev–Trinajstić information content (AvgIpc) is 2.38. The van der Waals surface area contributed by atoms with Crippen LogP contribution in [0.3, 0.4) is 0 Å². The number of carbonyl (C=O) groups is 1. The Kier molecular flexibility index (Phi) is 3.05. The van der Waals surface area contributed by atoms with Crippen molar-refractivity contribution in [2.24, 2.45) is 0 Å². The summed E-state index contributed by atoms with van der Waals surface area (Å²) >= 11 is 0. The normalized spacial score (nSPS) is 10.0. The monoisotopic (exact) mass is 242 g/mol. The SMILES string of the molecule is O=C(O)c1[c]ccc([N+](=O)[O-])c1-c1ccccc1. The van der Waals surface area contributed by atoms with Gasteiger partial charge in [0.2, 0.25) is 0 Å². The third-order valence-electron chi connectivity index (χ3n) is 2.45. The Hall–Kier alpha value is -2.69. The molecule has 89 valence electrons.